The van der Waals surface area contributed by atoms with E-state index >= 15 is 0 Å². The number of oxime groups is 1. The Bertz CT molecular complexity index is 637. The van der Waals surface area contributed by atoms with Gasteiger partial charge in [0.15, 0.2) is 5.71 Å². The quantitative estimate of drug-likeness (QED) is 0.684. The van der Waals surface area contributed by atoms with Crippen LogP contribution in [0.25, 0.3) is 10.8 Å². The Morgan fingerprint density at radius 2 is 2.11 bits per heavy atom. The third-order valence-electron chi connectivity index (χ3n) is 2.49. The van der Waals surface area contributed by atoms with Crippen LogP contribution in [-0.2, 0) is 9.63 Å². The number of hydrogen-bond acceptors (Lipinski definition) is 3. The molecular weight excluding hydrogens is 254 g/mol. The zero-order valence-corrected chi connectivity index (χ0v) is 10.3. The van der Waals surface area contributed by atoms with Gasteiger partial charge in [0.05, 0.1) is 0 Å². The first-order valence-electron chi connectivity index (χ1n) is 5.16. The number of nitrogens with zero attached hydrogens (tertiary/aromatic N) is 1. The van der Waals surface area contributed by atoms with Gasteiger partial charge in [-0.1, -0.05) is 41.0 Å². The lowest BCUT2D eigenvalue weighted by Crippen LogP contribution is -2.14. The average Bonchev–Trinajstić information content (AvgIpc) is 2.36. The summed E-state index contributed by atoms with van der Waals surface area (Å²) in [6.07, 6.45) is 0. The van der Waals surface area contributed by atoms with Gasteiger partial charge in [0, 0.05) is 16.0 Å². The van der Waals surface area contributed by atoms with Crippen molar-refractivity contribution in [2.75, 3.05) is 7.11 Å². The molecule has 0 saturated carbocycles. The normalized spacial score (nSPS) is 11.6. The van der Waals surface area contributed by atoms with E-state index < -0.39 is 5.97 Å². The molecule has 2 rings (SSSR count). The number of carbonyl (C=O) groups is 1. The van der Waals surface area contributed by atoms with E-state index in [9.17, 15) is 4.79 Å². The van der Waals surface area contributed by atoms with Gasteiger partial charge in [-0.3, -0.25) is 0 Å². The molecule has 0 radical (unpaired) electrons. The molecule has 0 aliphatic heterocycles. The van der Waals surface area contributed by atoms with E-state index in [1.165, 1.54) is 7.11 Å². The number of carboxylic acid groups (broad SMARTS) is 1. The first kappa shape index (κ1) is 12.4. The fourth-order valence-electron chi connectivity index (χ4n) is 1.69. The van der Waals surface area contributed by atoms with Crippen molar-refractivity contribution in [3.63, 3.8) is 0 Å². The minimum atomic E-state index is -1.15. The Labute approximate surface area is 108 Å². The highest BCUT2D eigenvalue weighted by molar-refractivity contribution is 6.43. The molecule has 0 unspecified atom stereocenters. The molecule has 5 heteroatoms. The van der Waals surface area contributed by atoms with Crippen LogP contribution in [-0.4, -0.2) is 23.9 Å². The molecule has 0 fully saturated rings. The first-order valence-corrected chi connectivity index (χ1v) is 5.54. The van der Waals surface area contributed by atoms with Crippen LogP contribution in [0.1, 0.15) is 5.56 Å². The number of hydrogen-bond donors (Lipinski definition) is 1. The zero-order valence-electron chi connectivity index (χ0n) is 9.55. The largest absolute Gasteiger partial charge is 0.476 e. The lowest BCUT2D eigenvalue weighted by Gasteiger charge is -2.04. The number of rotatable bonds is 3. The maximum Gasteiger partial charge on any atom is 0.358 e. The summed E-state index contributed by atoms with van der Waals surface area (Å²) in [5.74, 6) is -1.15. The molecule has 0 aromatic heterocycles. The second-order valence-corrected chi connectivity index (χ2v) is 4.01. The van der Waals surface area contributed by atoms with E-state index in [0.717, 1.165) is 10.8 Å². The molecule has 1 N–H and O–H groups in total. The third kappa shape index (κ3) is 2.28. The maximum atomic E-state index is 11.1. The Balaban J connectivity index is 2.62. The second kappa shape index (κ2) is 5.06. The van der Waals surface area contributed by atoms with Crippen LogP contribution >= 0.6 is 11.6 Å². The van der Waals surface area contributed by atoms with Crippen LogP contribution in [0.4, 0.5) is 0 Å². The highest BCUT2D eigenvalue weighted by atomic mass is 35.5. The topological polar surface area (TPSA) is 58.9 Å². The molecule has 0 aliphatic carbocycles. The molecule has 18 heavy (non-hydrogen) atoms. The Morgan fingerprint density at radius 3 is 2.78 bits per heavy atom. The summed E-state index contributed by atoms with van der Waals surface area (Å²) in [4.78, 5) is 15.6. The van der Waals surface area contributed by atoms with Gasteiger partial charge >= 0.3 is 5.97 Å². The summed E-state index contributed by atoms with van der Waals surface area (Å²) in [6, 6.07) is 10.6. The Kier molecular flexibility index (Phi) is 3.48. The summed E-state index contributed by atoms with van der Waals surface area (Å²) in [7, 11) is 1.30. The molecule has 92 valence electrons. The van der Waals surface area contributed by atoms with Crippen molar-refractivity contribution in [2.24, 2.45) is 5.16 Å². The molecule has 4 nitrogen and oxygen atoms in total. The third-order valence-corrected chi connectivity index (χ3v) is 2.82. The van der Waals surface area contributed by atoms with Crippen LogP contribution in [0.15, 0.2) is 41.6 Å². The number of fused-ring (bicyclic) bond motifs is 1. The Morgan fingerprint density at radius 1 is 1.33 bits per heavy atom. The van der Waals surface area contributed by atoms with Crippen LogP contribution < -0.4 is 0 Å². The van der Waals surface area contributed by atoms with Crippen molar-refractivity contribution in [1.29, 1.82) is 0 Å². The molecule has 0 aliphatic rings. The number of carboxylic acids is 1. The van der Waals surface area contributed by atoms with Crippen molar-refractivity contribution in [1.82, 2.24) is 0 Å². The van der Waals surface area contributed by atoms with Gasteiger partial charge in [0.25, 0.3) is 0 Å². The van der Waals surface area contributed by atoms with E-state index in [0.29, 0.717) is 10.6 Å². The molecule has 0 heterocycles. The second-order valence-electron chi connectivity index (χ2n) is 3.60. The van der Waals surface area contributed by atoms with E-state index in [-0.39, 0.29) is 5.71 Å². The van der Waals surface area contributed by atoms with E-state index in [2.05, 4.69) is 9.99 Å². The SMILES string of the molecule is CO/N=C(/C(=O)O)c1ccc2cccc(Cl)c2c1. The van der Waals surface area contributed by atoms with E-state index in [1.807, 2.05) is 12.1 Å². The monoisotopic (exact) mass is 263 g/mol. The standard InChI is InChI=1S/C13H10ClNO3/c1-18-15-12(13(16)17)9-6-5-8-3-2-4-11(14)10(8)7-9/h2-7H,1H3,(H,16,17)/b15-12+. The summed E-state index contributed by atoms with van der Waals surface area (Å²) >= 11 is 6.07. The van der Waals surface area contributed by atoms with Crippen molar-refractivity contribution >= 4 is 34.1 Å². The fraction of sp³-hybridized carbons (Fsp3) is 0.0769. The first-order chi connectivity index (χ1) is 8.63. The lowest BCUT2D eigenvalue weighted by atomic mass is 10.0. The van der Waals surface area contributed by atoms with Crippen molar-refractivity contribution < 1.29 is 14.7 Å². The molecule has 0 bridgehead atoms. The minimum absolute atomic E-state index is 0.153. The highest BCUT2D eigenvalue weighted by Gasteiger charge is 2.14. The summed E-state index contributed by atoms with van der Waals surface area (Å²) in [5, 5.41) is 14.8. The maximum absolute atomic E-state index is 11.1. The smallest absolute Gasteiger partial charge is 0.358 e. The average molecular weight is 264 g/mol. The number of benzene rings is 2. The predicted molar refractivity (Wildman–Crippen MR) is 70.1 cm³/mol. The van der Waals surface area contributed by atoms with Gasteiger partial charge in [-0.25, -0.2) is 4.79 Å². The summed E-state index contributed by atoms with van der Waals surface area (Å²) in [5.41, 5.74) is 0.296. The molecule has 2 aromatic carbocycles. The van der Waals surface area contributed by atoms with Crippen LogP contribution in [0.3, 0.4) is 0 Å². The lowest BCUT2D eigenvalue weighted by molar-refractivity contribution is -0.129. The van der Waals surface area contributed by atoms with Crippen molar-refractivity contribution in [2.45, 2.75) is 0 Å². The van der Waals surface area contributed by atoms with Crippen LogP contribution in [0, 0.1) is 0 Å². The van der Waals surface area contributed by atoms with Gasteiger partial charge in [0.2, 0.25) is 0 Å². The molecule has 2 aromatic rings. The summed E-state index contributed by atoms with van der Waals surface area (Å²) < 4.78 is 0. The van der Waals surface area contributed by atoms with Gasteiger partial charge in [-0.05, 0) is 17.5 Å². The molecule has 0 spiro atoms. The Hall–Kier alpha value is -2.07. The van der Waals surface area contributed by atoms with Crippen LogP contribution in [0.5, 0.6) is 0 Å². The van der Waals surface area contributed by atoms with Crippen molar-refractivity contribution in [3.05, 3.63) is 47.0 Å². The minimum Gasteiger partial charge on any atom is -0.476 e. The molecule has 0 saturated heterocycles. The van der Waals surface area contributed by atoms with Gasteiger partial charge in [-0.15, -0.1) is 0 Å². The predicted octanol–water partition coefficient (Wildman–Crippen LogP) is 2.93. The zero-order chi connectivity index (χ0) is 13.1. The summed E-state index contributed by atoms with van der Waals surface area (Å²) in [6.45, 7) is 0. The molecule has 0 amide bonds. The molecule has 0 atom stereocenters. The van der Waals surface area contributed by atoms with Gasteiger partial charge < -0.3 is 9.94 Å². The van der Waals surface area contributed by atoms with Crippen LogP contribution in [0.2, 0.25) is 5.02 Å². The van der Waals surface area contributed by atoms with Gasteiger partial charge in [-0.2, -0.15) is 0 Å². The molecular formula is C13H10ClNO3. The fourth-order valence-corrected chi connectivity index (χ4v) is 1.92. The number of halogens is 1. The van der Waals surface area contributed by atoms with Crippen molar-refractivity contribution in [3.8, 4) is 0 Å². The van der Waals surface area contributed by atoms with E-state index in [4.69, 9.17) is 16.7 Å². The van der Waals surface area contributed by atoms with Gasteiger partial charge in [0.1, 0.15) is 7.11 Å². The highest BCUT2D eigenvalue weighted by Crippen LogP contribution is 2.24. The van der Waals surface area contributed by atoms with E-state index in [1.54, 1.807) is 24.3 Å². The number of aliphatic carboxylic acids is 1.